The molecule has 1 heterocycles. The zero-order chi connectivity index (χ0) is 15.0. The lowest BCUT2D eigenvalue weighted by atomic mass is 10.2. The fourth-order valence-corrected chi connectivity index (χ4v) is 3.69. The van der Waals surface area contributed by atoms with Crippen LogP contribution in [0.4, 0.5) is 0 Å². The summed E-state index contributed by atoms with van der Waals surface area (Å²) >= 11 is 10.2. The van der Waals surface area contributed by atoms with E-state index < -0.39 is 0 Å². The fourth-order valence-electron chi connectivity index (χ4n) is 2.09. The van der Waals surface area contributed by atoms with E-state index in [1.54, 1.807) is 17.0 Å². The third kappa shape index (κ3) is 3.12. The molecule has 0 unspecified atom stereocenters. The van der Waals surface area contributed by atoms with E-state index in [4.69, 9.17) is 0 Å². The Kier molecular flexibility index (Phi) is 4.28. The largest absolute Gasteiger partial charge is 0.294 e. The van der Waals surface area contributed by atoms with E-state index in [9.17, 15) is 4.79 Å². The average molecular weight is 473 g/mol. The number of nitrogens with zero attached hydrogens (tertiary/aromatic N) is 2. The second-order valence-corrected chi connectivity index (χ2v) is 7.27. The van der Waals surface area contributed by atoms with Gasteiger partial charge in [-0.05, 0) is 45.8 Å². The lowest BCUT2D eigenvalue weighted by molar-refractivity contribution is 0.748. The molecule has 0 aliphatic heterocycles. The minimum atomic E-state index is -0.0510. The van der Waals surface area contributed by atoms with Gasteiger partial charge in [0.05, 0.1) is 23.8 Å². The van der Waals surface area contributed by atoms with Crippen LogP contribution >= 0.6 is 47.8 Å². The Labute approximate surface area is 146 Å². The van der Waals surface area contributed by atoms with Gasteiger partial charge in [-0.2, -0.15) is 0 Å². The summed E-state index contributed by atoms with van der Waals surface area (Å²) in [4.78, 5) is 17.0. The lowest BCUT2D eigenvalue weighted by Crippen LogP contribution is -2.21. The SMILES string of the molecule is O=c1c2cc(Br)cc(Br)c2ncn1Cc1ccc(Br)cc1. The Balaban J connectivity index is 2.10. The summed E-state index contributed by atoms with van der Waals surface area (Å²) < 4.78 is 4.29. The zero-order valence-electron chi connectivity index (χ0n) is 10.7. The van der Waals surface area contributed by atoms with Crippen LogP contribution in [-0.2, 0) is 6.54 Å². The molecule has 0 radical (unpaired) electrons. The van der Waals surface area contributed by atoms with Gasteiger partial charge in [-0.15, -0.1) is 0 Å². The molecule has 2 aromatic carbocycles. The molecule has 0 saturated carbocycles. The molecule has 0 amide bonds. The van der Waals surface area contributed by atoms with Crippen molar-refractivity contribution in [3.63, 3.8) is 0 Å². The average Bonchev–Trinajstić information content (AvgIpc) is 2.45. The van der Waals surface area contributed by atoms with Crippen LogP contribution in [0.1, 0.15) is 5.56 Å². The van der Waals surface area contributed by atoms with Crippen LogP contribution in [0.15, 0.2) is 60.9 Å². The molecule has 3 aromatic rings. The molecule has 0 N–H and O–H groups in total. The first-order chi connectivity index (χ1) is 10.0. The Morgan fingerprint density at radius 3 is 2.43 bits per heavy atom. The van der Waals surface area contributed by atoms with E-state index in [0.717, 1.165) is 19.0 Å². The third-order valence-corrected chi connectivity index (χ3v) is 4.70. The minimum Gasteiger partial charge on any atom is -0.294 e. The summed E-state index contributed by atoms with van der Waals surface area (Å²) in [6, 6.07) is 11.6. The molecule has 3 rings (SSSR count). The molecule has 0 aliphatic carbocycles. The second kappa shape index (κ2) is 6.02. The number of rotatable bonds is 2. The molecular weight excluding hydrogens is 464 g/mol. The van der Waals surface area contributed by atoms with Crippen molar-refractivity contribution in [1.29, 1.82) is 0 Å². The van der Waals surface area contributed by atoms with Crippen LogP contribution in [0.2, 0.25) is 0 Å². The van der Waals surface area contributed by atoms with Crippen molar-refractivity contribution < 1.29 is 0 Å². The number of hydrogen-bond donors (Lipinski definition) is 0. The van der Waals surface area contributed by atoms with Crippen molar-refractivity contribution in [2.75, 3.05) is 0 Å². The maximum Gasteiger partial charge on any atom is 0.261 e. The number of hydrogen-bond acceptors (Lipinski definition) is 2. The number of fused-ring (bicyclic) bond motifs is 1. The maximum atomic E-state index is 12.6. The summed E-state index contributed by atoms with van der Waals surface area (Å²) in [7, 11) is 0. The first-order valence-corrected chi connectivity index (χ1v) is 8.51. The van der Waals surface area contributed by atoms with Crippen LogP contribution in [-0.4, -0.2) is 9.55 Å². The van der Waals surface area contributed by atoms with Crippen LogP contribution < -0.4 is 5.56 Å². The van der Waals surface area contributed by atoms with E-state index in [2.05, 4.69) is 52.8 Å². The van der Waals surface area contributed by atoms with Gasteiger partial charge >= 0.3 is 0 Å². The van der Waals surface area contributed by atoms with Crippen LogP contribution in [0.25, 0.3) is 10.9 Å². The molecule has 0 bridgehead atoms. The van der Waals surface area contributed by atoms with Gasteiger partial charge in [-0.3, -0.25) is 9.36 Å². The smallest absolute Gasteiger partial charge is 0.261 e. The van der Waals surface area contributed by atoms with E-state index in [-0.39, 0.29) is 5.56 Å². The monoisotopic (exact) mass is 470 g/mol. The molecule has 0 atom stereocenters. The predicted octanol–water partition coefficient (Wildman–Crippen LogP) is 4.73. The third-order valence-electron chi connectivity index (χ3n) is 3.11. The lowest BCUT2D eigenvalue weighted by Gasteiger charge is -2.08. The summed E-state index contributed by atoms with van der Waals surface area (Å²) in [5, 5.41) is 0.593. The summed E-state index contributed by atoms with van der Waals surface area (Å²) in [5.41, 5.74) is 1.68. The highest BCUT2D eigenvalue weighted by atomic mass is 79.9. The molecule has 21 heavy (non-hydrogen) atoms. The number of halogens is 3. The van der Waals surface area contributed by atoms with Gasteiger partial charge in [-0.25, -0.2) is 4.98 Å². The molecule has 106 valence electrons. The fraction of sp³-hybridized carbons (Fsp3) is 0.0667. The Bertz CT molecular complexity index is 872. The first-order valence-electron chi connectivity index (χ1n) is 6.13. The molecular formula is C15H9Br3N2O. The number of benzene rings is 2. The predicted molar refractivity (Wildman–Crippen MR) is 94.6 cm³/mol. The molecule has 0 fully saturated rings. The van der Waals surface area contributed by atoms with Crippen LogP contribution in [0.5, 0.6) is 0 Å². The minimum absolute atomic E-state index is 0.0510. The van der Waals surface area contributed by atoms with Gasteiger partial charge in [0, 0.05) is 13.4 Å². The molecule has 1 aromatic heterocycles. The first kappa shape index (κ1) is 14.9. The van der Waals surface area contributed by atoms with Gasteiger partial charge in [0.25, 0.3) is 5.56 Å². The van der Waals surface area contributed by atoms with Gasteiger partial charge < -0.3 is 0 Å². The van der Waals surface area contributed by atoms with E-state index in [1.165, 1.54) is 0 Å². The van der Waals surface area contributed by atoms with Gasteiger partial charge in [0.15, 0.2) is 0 Å². The normalized spacial score (nSPS) is 11.0. The summed E-state index contributed by atoms with van der Waals surface area (Å²) in [6.45, 7) is 0.499. The molecule has 6 heteroatoms. The maximum absolute atomic E-state index is 12.6. The Morgan fingerprint density at radius 2 is 1.71 bits per heavy atom. The Morgan fingerprint density at radius 1 is 1.00 bits per heavy atom. The van der Waals surface area contributed by atoms with Crippen molar-refractivity contribution >= 4 is 58.7 Å². The topological polar surface area (TPSA) is 34.9 Å². The summed E-state index contributed by atoms with van der Waals surface area (Å²) in [6.07, 6.45) is 1.59. The van der Waals surface area contributed by atoms with E-state index in [1.807, 2.05) is 30.3 Å². The van der Waals surface area contributed by atoms with Crippen molar-refractivity contribution in [1.82, 2.24) is 9.55 Å². The van der Waals surface area contributed by atoms with Crippen molar-refractivity contribution in [2.24, 2.45) is 0 Å². The quantitative estimate of drug-likeness (QED) is 0.540. The molecule has 3 nitrogen and oxygen atoms in total. The van der Waals surface area contributed by atoms with Crippen molar-refractivity contribution in [3.05, 3.63) is 72.1 Å². The standard InChI is InChI=1S/C15H9Br3N2O/c16-10-3-1-9(2-4-10)7-20-8-19-14-12(15(20)21)5-11(17)6-13(14)18/h1-6,8H,7H2. The number of aromatic nitrogens is 2. The second-order valence-electron chi connectivity index (χ2n) is 4.59. The van der Waals surface area contributed by atoms with Crippen molar-refractivity contribution in [3.8, 4) is 0 Å². The zero-order valence-corrected chi connectivity index (χ0v) is 15.4. The summed E-state index contributed by atoms with van der Waals surface area (Å²) in [5.74, 6) is 0. The van der Waals surface area contributed by atoms with Gasteiger partial charge in [0.1, 0.15) is 0 Å². The van der Waals surface area contributed by atoms with Crippen molar-refractivity contribution in [2.45, 2.75) is 6.54 Å². The van der Waals surface area contributed by atoms with Gasteiger partial charge in [-0.1, -0.05) is 44.0 Å². The van der Waals surface area contributed by atoms with E-state index in [0.29, 0.717) is 17.4 Å². The highest BCUT2D eigenvalue weighted by Gasteiger charge is 2.08. The molecule has 0 spiro atoms. The molecule has 0 saturated heterocycles. The highest BCUT2D eigenvalue weighted by Crippen LogP contribution is 2.24. The van der Waals surface area contributed by atoms with Crippen LogP contribution in [0.3, 0.4) is 0 Å². The van der Waals surface area contributed by atoms with E-state index >= 15 is 0 Å². The highest BCUT2D eigenvalue weighted by molar-refractivity contribution is 9.11. The Hall–Kier alpha value is -0.980. The molecule has 0 aliphatic rings. The van der Waals surface area contributed by atoms with Crippen LogP contribution in [0, 0.1) is 0 Å². The van der Waals surface area contributed by atoms with Gasteiger partial charge in [0.2, 0.25) is 0 Å².